The minimum atomic E-state index is -4.35. The molecule has 0 atom stereocenters. The van der Waals surface area contributed by atoms with Crippen LogP contribution in [0.1, 0.15) is 179 Å². The Morgan fingerprint density at radius 3 is 0.857 bits per heavy atom. The van der Waals surface area contributed by atoms with Crippen molar-refractivity contribution < 1.29 is 45.4 Å². The summed E-state index contributed by atoms with van der Waals surface area (Å²) >= 11 is 0. The van der Waals surface area contributed by atoms with E-state index in [1.54, 1.807) is 36.4 Å². The first kappa shape index (κ1) is 47.9. The molecule has 0 radical (unpaired) electrons. The van der Waals surface area contributed by atoms with Crippen LogP contribution in [0.2, 0.25) is 0 Å². The van der Waals surface area contributed by atoms with Gasteiger partial charge in [-0.05, 0) is 48.9 Å². The molecular weight excluding hydrogens is 706 g/mol. The molecule has 2 aromatic carbocycles. The van der Waals surface area contributed by atoms with Gasteiger partial charge in [0.2, 0.25) is 0 Å². The van der Waals surface area contributed by atoms with Crippen LogP contribution >= 0.6 is 0 Å². The van der Waals surface area contributed by atoms with Gasteiger partial charge in [-0.25, -0.2) is 16.8 Å². The Morgan fingerprint density at radius 1 is 0.388 bits per heavy atom. The van der Waals surface area contributed by atoms with Crippen LogP contribution in [0.5, 0.6) is 0 Å². The summed E-state index contributed by atoms with van der Waals surface area (Å²) in [6.07, 6.45) is 32.0. The van der Waals surface area contributed by atoms with E-state index in [0.717, 1.165) is 25.7 Å². The molecule has 6 nitrogen and oxygen atoms in total. The largest absolute Gasteiger partial charge is 2.00 e. The molecule has 0 saturated carbocycles. The first-order chi connectivity index (χ1) is 23.1. The maximum atomic E-state index is 11.2. The van der Waals surface area contributed by atoms with Crippen molar-refractivity contribution in [1.29, 1.82) is 0 Å². The summed E-state index contributed by atoms with van der Waals surface area (Å²) in [5.74, 6) is 0. The molecule has 0 fully saturated rings. The van der Waals surface area contributed by atoms with Crippen LogP contribution in [0.3, 0.4) is 0 Å². The Kier molecular flexibility index (Phi) is 29.8. The molecule has 0 amide bonds. The molecular formula is C40H66O6S2Zn. The quantitative estimate of drug-likeness (QED) is 0.0483. The topological polar surface area (TPSA) is 114 Å². The van der Waals surface area contributed by atoms with Crippen LogP contribution < -0.4 is 0 Å². The predicted octanol–water partition coefficient (Wildman–Crippen LogP) is 11.7. The van der Waals surface area contributed by atoms with Crippen LogP contribution in [0, 0.1) is 0 Å². The van der Waals surface area contributed by atoms with Crippen LogP contribution in [-0.2, 0) is 52.6 Å². The van der Waals surface area contributed by atoms with E-state index in [0.29, 0.717) is 24.0 Å². The predicted molar refractivity (Wildman–Crippen MR) is 198 cm³/mol. The minimum absolute atomic E-state index is 0. The summed E-state index contributed by atoms with van der Waals surface area (Å²) in [6, 6.07) is 13.1. The number of aryl methyl sites for hydroxylation is 2. The zero-order valence-corrected chi connectivity index (χ0v) is 35.6. The first-order valence-electron chi connectivity index (χ1n) is 19.2. The summed E-state index contributed by atoms with van der Waals surface area (Å²) in [5, 5.41) is 0. The van der Waals surface area contributed by atoms with E-state index >= 15 is 0 Å². The second kappa shape index (κ2) is 30.5. The normalized spacial score (nSPS) is 11.5. The van der Waals surface area contributed by atoms with Crippen LogP contribution in [0.25, 0.3) is 0 Å². The fourth-order valence-corrected chi connectivity index (χ4v) is 7.69. The molecule has 0 saturated heterocycles. The van der Waals surface area contributed by atoms with Gasteiger partial charge in [0.15, 0.2) is 0 Å². The number of unbranched alkanes of at least 4 members (excludes halogenated alkanes) is 22. The van der Waals surface area contributed by atoms with Gasteiger partial charge < -0.3 is 9.11 Å². The molecule has 9 heteroatoms. The fourth-order valence-electron chi connectivity index (χ4n) is 6.22. The number of benzene rings is 2. The summed E-state index contributed by atoms with van der Waals surface area (Å²) in [5.41, 5.74) is 1.33. The van der Waals surface area contributed by atoms with E-state index in [1.807, 2.05) is 0 Å². The molecule has 2 aromatic rings. The third kappa shape index (κ3) is 25.5. The summed E-state index contributed by atoms with van der Waals surface area (Å²) < 4.78 is 67.3. The van der Waals surface area contributed by atoms with Crippen molar-refractivity contribution in [3.8, 4) is 0 Å². The van der Waals surface area contributed by atoms with Crippen LogP contribution in [0.4, 0.5) is 0 Å². The van der Waals surface area contributed by atoms with Gasteiger partial charge in [-0.2, -0.15) is 0 Å². The molecule has 0 unspecified atom stereocenters. The van der Waals surface area contributed by atoms with Crippen molar-refractivity contribution in [2.45, 2.75) is 191 Å². The number of hydrogen-bond donors (Lipinski definition) is 0. The second-order valence-corrected chi connectivity index (χ2v) is 16.1. The zero-order chi connectivity index (χ0) is 35.4. The van der Waals surface area contributed by atoms with Gasteiger partial charge in [0.05, 0.1) is 9.79 Å². The molecule has 0 aliphatic carbocycles. The second-order valence-electron chi connectivity index (χ2n) is 13.4. The third-order valence-electron chi connectivity index (χ3n) is 9.08. The molecule has 0 aliphatic rings. The van der Waals surface area contributed by atoms with Crippen LogP contribution in [-0.4, -0.2) is 25.9 Å². The van der Waals surface area contributed by atoms with E-state index < -0.39 is 20.2 Å². The van der Waals surface area contributed by atoms with E-state index in [2.05, 4.69) is 13.8 Å². The SMILES string of the molecule is CCCCCCCCCCCCCCc1ccccc1S(=O)(=O)[O-].CCCCCCCCCCCCCCc1ccccc1S(=O)(=O)[O-].[Zn+2]. The maximum absolute atomic E-state index is 11.2. The van der Waals surface area contributed by atoms with Crippen molar-refractivity contribution in [3.63, 3.8) is 0 Å². The summed E-state index contributed by atoms with van der Waals surface area (Å²) in [6.45, 7) is 4.50. The van der Waals surface area contributed by atoms with Gasteiger partial charge in [-0.1, -0.05) is 192 Å². The van der Waals surface area contributed by atoms with Gasteiger partial charge in [0, 0.05) is 0 Å². The Balaban J connectivity index is 0.000000922. The van der Waals surface area contributed by atoms with Gasteiger partial charge in [-0.15, -0.1) is 0 Å². The standard InChI is InChI=1S/2C20H34O3S.Zn/c2*1-2-3-4-5-6-7-8-9-10-11-12-13-16-19-17-14-15-18-20(19)24(21,22)23;/h2*14-15,17-18H,2-13,16H2,1H3,(H,21,22,23);/q;;+2/p-2. The maximum Gasteiger partial charge on any atom is 2.00 e. The molecule has 276 valence electrons. The summed E-state index contributed by atoms with van der Waals surface area (Å²) in [7, 11) is -8.70. The summed E-state index contributed by atoms with van der Waals surface area (Å²) in [4.78, 5) is -0.0962. The fraction of sp³-hybridized carbons (Fsp3) is 0.700. The minimum Gasteiger partial charge on any atom is -0.744 e. The average molecular weight is 772 g/mol. The molecule has 0 spiro atoms. The Bertz CT molecular complexity index is 1180. The number of hydrogen-bond acceptors (Lipinski definition) is 6. The zero-order valence-electron chi connectivity index (χ0n) is 31.0. The molecule has 0 heterocycles. The monoisotopic (exact) mass is 770 g/mol. The van der Waals surface area contributed by atoms with Gasteiger partial charge in [0.1, 0.15) is 20.2 Å². The van der Waals surface area contributed by atoms with Gasteiger partial charge >= 0.3 is 19.5 Å². The Morgan fingerprint density at radius 2 is 0.612 bits per heavy atom. The third-order valence-corrected chi connectivity index (χ3v) is 11.0. The van der Waals surface area contributed by atoms with Crippen LogP contribution in [0.15, 0.2) is 58.3 Å². The van der Waals surface area contributed by atoms with E-state index in [9.17, 15) is 25.9 Å². The molecule has 2 rings (SSSR count). The van der Waals surface area contributed by atoms with Crippen molar-refractivity contribution >= 4 is 20.2 Å². The van der Waals surface area contributed by atoms with Gasteiger partial charge in [-0.3, -0.25) is 0 Å². The van der Waals surface area contributed by atoms with Crippen molar-refractivity contribution in [1.82, 2.24) is 0 Å². The Hall–Kier alpha value is -1.12. The van der Waals surface area contributed by atoms with Crippen molar-refractivity contribution in [3.05, 3.63) is 59.7 Å². The smallest absolute Gasteiger partial charge is 0.744 e. The Labute approximate surface area is 314 Å². The molecule has 0 aliphatic heterocycles. The molecule has 0 bridgehead atoms. The average Bonchev–Trinajstić information content (AvgIpc) is 3.05. The molecule has 49 heavy (non-hydrogen) atoms. The number of rotatable bonds is 28. The van der Waals surface area contributed by atoms with Crippen molar-refractivity contribution in [2.24, 2.45) is 0 Å². The van der Waals surface area contributed by atoms with E-state index in [4.69, 9.17) is 0 Å². The first-order valence-corrected chi connectivity index (χ1v) is 22.0. The van der Waals surface area contributed by atoms with E-state index in [1.165, 1.54) is 141 Å². The molecule has 0 N–H and O–H groups in total. The molecule has 0 aromatic heterocycles. The van der Waals surface area contributed by atoms with Crippen molar-refractivity contribution in [2.75, 3.05) is 0 Å². The van der Waals surface area contributed by atoms with E-state index in [-0.39, 0.29) is 29.3 Å². The van der Waals surface area contributed by atoms with Gasteiger partial charge in [0.25, 0.3) is 0 Å².